The van der Waals surface area contributed by atoms with Gasteiger partial charge in [-0.25, -0.2) is 0 Å². The lowest BCUT2D eigenvalue weighted by atomic mass is 9.99. The fraction of sp³-hybridized carbons (Fsp3) is 0.588. The number of nitrogens with one attached hydrogen (secondary N) is 1. The van der Waals surface area contributed by atoms with E-state index >= 15 is 0 Å². The maximum absolute atomic E-state index is 12.4. The number of benzene rings is 1. The molecule has 0 saturated heterocycles. The molecule has 1 aliphatic rings. The Morgan fingerprint density at radius 3 is 2.52 bits per heavy atom. The molecular formula is C17H26N2O2. The predicted molar refractivity (Wildman–Crippen MR) is 83.8 cm³/mol. The average molecular weight is 290 g/mol. The predicted octanol–water partition coefficient (Wildman–Crippen LogP) is 1.93. The average Bonchev–Trinajstić information content (AvgIpc) is 3.01. The van der Waals surface area contributed by atoms with Crippen molar-refractivity contribution in [1.82, 2.24) is 10.2 Å². The molecule has 0 spiro atoms. The Morgan fingerprint density at radius 2 is 1.95 bits per heavy atom. The summed E-state index contributed by atoms with van der Waals surface area (Å²) >= 11 is 0. The molecule has 0 radical (unpaired) electrons. The molecule has 1 saturated carbocycles. The topological polar surface area (TPSA) is 52.6 Å². The van der Waals surface area contributed by atoms with Crippen LogP contribution in [-0.2, 0) is 11.3 Å². The maximum Gasteiger partial charge on any atom is 0.236 e. The summed E-state index contributed by atoms with van der Waals surface area (Å²) in [6, 6.07) is 10.0. The van der Waals surface area contributed by atoms with E-state index in [0.29, 0.717) is 19.6 Å². The molecule has 1 fully saturated rings. The summed E-state index contributed by atoms with van der Waals surface area (Å²) in [5.74, 6) is 0.0982. The van der Waals surface area contributed by atoms with Crippen molar-refractivity contribution >= 4 is 5.91 Å². The first-order valence-corrected chi connectivity index (χ1v) is 7.87. The molecule has 0 unspecified atom stereocenters. The van der Waals surface area contributed by atoms with Crippen LogP contribution in [0.15, 0.2) is 30.3 Å². The molecular weight excluding hydrogens is 264 g/mol. The highest BCUT2D eigenvalue weighted by Crippen LogP contribution is 2.28. The first-order valence-electron chi connectivity index (χ1n) is 7.87. The second kappa shape index (κ2) is 7.57. The summed E-state index contributed by atoms with van der Waals surface area (Å²) in [6.07, 6.45) is 4.18. The zero-order valence-corrected chi connectivity index (χ0v) is 12.8. The van der Waals surface area contributed by atoms with E-state index in [2.05, 4.69) is 5.32 Å². The van der Waals surface area contributed by atoms with Gasteiger partial charge in [-0.05, 0) is 25.3 Å². The van der Waals surface area contributed by atoms with Crippen molar-refractivity contribution in [3.63, 3.8) is 0 Å². The lowest BCUT2D eigenvalue weighted by molar-refractivity contribution is -0.131. The number of likely N-dealkylation sites (N-methyl/N-ethyl adjacent to an activating group) is 1. The van der Waals surface area contributed by atoms with Gasteiger partial charge in [0.25, 0.3) is 0 Å². The van der Waals surface area contributed by atoms with Gasteiger partial charge in [-0.1, -0.05) is 43.2 Å². The number of rotatable bonds is 7. The minimum absolute atomic E-state index is 0.0982. The standard InChI is InChI=1S/C17H26N2O2/c1-2-19(13-15-8-4-3-5-9-15)16(21)12-18-17(14-20)10-6-7-11-17/h3-5,8-9,18,20H,2,6-7,10-14H2,1H3. The zero-order valence-electron chi connectivity index (χ0n) is 12.8. The van der Waals surface area contributed by atoms with Crippen molar-refractivity contribution in [2.75, 3.05) is 19.7 Å². The SMILES string of the molecule is CCN(Cc1ccccc1)C(=O)CNC1(CO)CCCC1. The fourth-order valence-corrected chi connectivity index (χ4v) is 3.00. The lowest BCUT2D eigenvalue weighted by Crippen LogP contribution is -2.50. The highest BCUT2D eigenvalue weighted by Gasteiger charge is 2.33. The number of hydrogen-bond donors (Lipinski definition) is 2. The van der Waals surface area contributed by atoms with Gasteiger partial charge < -0.3 is 15.3 Å². The van der Waals surface area contributed by atoms with Gasteiger partial charge in [-0.2, -0.15) is 0 Å². The number of aliphatic hydroxyl groups excluding tert-OH is 1. The van der Waals surface area contributed by atoms with E-state index in [-0.39, 0.29) is 18.1 Å². The number of amides is 1. The monoisotopic (exact) mass is 290 g/mol. The molecule has 1 aromatic carbocycles. The molecule has 1 aromatic rings. The highest BCUT2D eigenvalue weighted by atomic mass is 16.3. The minimum atomic E-state index is -0.234. The number of nitrogens with zero attached hydrogens (tertiary/aromatic N) is 1. The molecule has 4 nitrogen and oxygen atoms in total. The third-order valence-corrected chi connectivity index (χ3v) is 4.43. The molecule has 1 aliphatic carbocycles. The molecule has 1 amide bonds. The van der Waals surface area contributed by atoms with Gasteiger partial charge in [0, 0.05) is 18.6 Å². The van der Waals surface area contributed by atoms with E-state index in [0.717, 1.165) is 31.2 Å². The van der Waals surface area contributed by atoms with Crippen LogP contribution in [0.3, 0.4) is 0 Å². The van der Waals surface area contributed by atoms with Crippen molar-refractivity contribution in [3.8, 4) is 0 Å². The number of hydrogen-bond acceptors (Lipinski definition) is 3. The Balaban J connectivity index is 1.88. The van der Waals surface area contributed by atoms with Crippen molar-refractivity contribution in [2.24, 2.45) is 0 Å². The van der Waals surface area contributed by atoms with Gasteiger partial charge in [0.1, 0.15) is 0 Å². The number of aliphatic hydroxyl groups is 1. The van der Waals surface area contributed by atoms with Crippen LogP contribution in [0.2, 0.25) is 0 Å². The Bertz CT molecular complexity index is 441. The summed E-state index contributed by atoms with van der Waals surface area (Å²) in [7, 11) is 0. The van der Waals surface area contributed by atoms with Crippen molar-refractivity contribution in [3.05, 3.63) is 35.9 Å². The summed E-state index contributed by atoms with van der Waals surface area (Å²) in [6.45, 7) is 3.76. The molecule has 2 N–H and O–H groups in total. The fourth-order valence-electron chi connectivity index (χ4n) is 3.00. The van der Waals surface area contributed by atoms with E-state index in [1.807, 2.05) is 42.2 Å². The first-order chi connectivity index (χ1) is 10.2. The van der Waals surface area contributed by atoms with Crippen LogP contribution in [0.5, 0.6) is 0 Å². The normalized spacial score (nSPS) is 16.9. The third kappa shape index (κ3) is 4.29. The third-order valence-electron chi connectivity index (χ3n) is 4.43. The lowest BCUT2D eigenvalue weighted by Gasteiger charge is -2.29. The van der Waals surface area contributed by atoms with Gasteiger partial charge in [0.15, 0.2) is 0 Å². The van der Waals surface area contributed by atoms with E-state index < -0.39 is 0 Å². The highest BCUT2D eigenvalue weighted by molar-refractivity contribution is 5.78. The number of carbonyl (C=O) groups excluding carboxylic acids is 1. The second-order valence-electron chi connectivity index (χ2n) is 5.89. The quantitative estimate of drug-likeness (QED) is 0.807. The second-order valence-corrected chi connectivity index (χ2v) is 5.89. The van der Waals surface area contributed by atoms with E-state index in [9.17, 15) is 9.90 Å². The van der Waals surface area contributed by atoms with Crippen LogP contribution < -0.4 is 5.32 Å². The van der Waals surface area contributed by atoms with E-state index in [4.69, 9.17) is 0 Å². The smallest absolute Gasteiger partial charge is 0.236 e. The number of carbonyl (C=O) groups is 1. The first kappa shape index (κ1) is 16.0. The molecule has 0 atom stereocenters. The molecule has 0 aromatic heterocycles. The molecule has 21 heavy (non-hydrogen) atoms. The van der Waals surface area contributed by atoms with Gasteiger partial charge in [-0.3, -0.25) is 4.79 Å². The summed E-state index contributed by atoms with van der Waals surface area (Å²) in [4.78, 5) is 14.2. The molecule has 116 valence electrons. The Kier molecular flexibility index (Phi) is 5.76. The Labute approximate surface area is 127 Å². The van der Waals surface area contributed by atoms with Crippen LogP contribution in [0.1, 0.15) is 38.2 Å². The van der Waals surface area contributed by atoms with Crippen molar-refractivity contribution in [1.29, 1.82) is 0 Å². The Hall–Kier alpha value is -1.39. The Morgan fingerprint density at radius 1 is 1.29 bits per heavy atom. The van der Waals surface area contributed by atoms with Crippen LogP contribution >= 0.6 is 0 Å². The summed E-state index contributed by atoms with van der Waals surface area (Å²) < 4.78 is 0. The van der Waals surface area contributed by atoms with Crippen LogP contribution in [0, 0.1) is 0 Å². The maximum atomic E-state index is 12.4. The van der Waals surface area contributed by atoms with E-state index in [1.54, 1.807) is 0 Å². The van der Waals surface area contributed by atoms with Crippen molar-refractivity contribution in [2.45, 2.75) is 44.7 Å². The van der Waals surface area contributed by atoms with E-state index in [1.165, 1.54) is 0 Å². The van der Waals surface area contributed by atoms with Crippen LogP contribution in [0.25, 0.3) is 0 Å². The summed E-state index contributed by atoms with van der Waals surface area (Å²) in [5.41, 5.74) is 0.910. The molecule has 0 aliphatic heterocycles. The van der Waals surface area contributed by atoms with Gasteiger partial charge in [0.2, 0.25) is 5.91 Å². The molecule has 0 heterocycles. The molecule has 2 rings (SSSR count). The largest absolute Gasteiger partial charge is 0.394 e. The van der Waals surface area contributed by atoms with Gasteiger partial charge in [-0.15, -0.1) is 0 Å². The zero-order chi connectivity index (χ0) is 15.1. The van der Waals surface area contributed by atoms with Crippen LogP contribution in [0.4, 0.5) is 0 Å². The van der Waals surface area contributed by atoms with Gasteiger partial charge >= 0.3 is 0 Å². The van der Waals surface area contributed by atoms with Gasteiger partial charge in [0.05, 0.1) is 13.2 Å². The summed E-state index contributed by atoms with van der Waals surface area (Å²) in [5, 5.41) is 12.9. The molecule has 0 bridgehead atoms. The molecule has 4 heteroatoms. The minimum Gasteiger partial charge on any atom is -0.394 e. The van der Waals surface area contributed by atoms with Crippen molar-refractivity contribution < 1.29 is 9.90 Å². The van der Waals surface area contributed by atoms with Crippen LogP contribution in [-0.4, -0.2) is 41.1 Å².